The van der Waals surface area contributed by atoms with Gasteiger partial charge in [-0.1, -0.05) is 27.2 Å². The van der Waals surface area contributed by atoms with Crippen molar-refractivity contribution >= 4 is 0 Å². The predicted molar refractivity (Wildman–Crippen MR) is 70.9 cm³/mol. The van der Waals surface area contributed by atoms with Crippen LogP contribution in [0.15, 0.2) is 0 Å². The Bertz CT molecular complexity index is 153. The van der Waals surface area contributed by atoms with Gasteiger partial charge in [0.25, 0.3) is 0 Å². The maximum absolute atomic E-state index is 5.41. The summed E-state index contributed by atoms with van der Waals surface area (Å²) < 4.78 is 5.41. The fourth-order valence-corrected chi connectivity index (χ4v) is 1.83. The van der Waals surface area contributed by atoms with Crippen LogP contribution in [0.5, 0.6) is 0 Å². The molecule has 0 saturated heterocycles. The highest BCUT2D eigenvalue weighted by Gasteiger charge is 2.16. The third-order valence-electron chi connectivity index (χ3n) is 3.36. The van der Waals surface area contributed by atoms with Crippen LogP contribution in [0.3, 0.4) is 0 Å². The molecule has 0 aliphatic carbocycles. The topological polar surface area (TPSA) is 24.5 Å². The van der Waals surface area contributed by atoms with E-state index < -0.39 is 0 Å². The summed E-state index contributed by atoms with van der Waals surface area (Å²) in [4.78, 5) is 2.46. The second-order valence-corrected chi connectivity index (χ2v) is 4.37. The van der Waals surface area contributed by atoms with E-state index in [0.717, 1.165) is 38.8 Å². The van der Waals surface area contributed by atoms with Crippen LogP contribution >= 0.6 is 0 Å². The van der Waals surface area contributed by atoms with Crippen molar-refractivity contribution in [2.24, 2.45) is 5.92 Å². The van der Waals surface area contributed by atoms with E-state index in [2.05, 4.69) is 38.0 Å². The highest BCUT2D eigenvalue weighted by atomic mass is 16.5. The summed E-state index contributed by atoms with van der Waals surface area (Å²) in [7, 11) is 2.06. The SMILES string of the molecule is CCOCCN(CC)CC(NC)C(C)CC. The van der Waals surface area contributed by atoms with Gasteiger partial charge in [0, 0.05) is 25.7 Å². The number of hydrogen-bond acceptors (Lipinski definition) is 3. The molecule has 0 fully saturated rings. The average molecular weight is 230 g/mol. The van der Waals surface area contributed by atoms with Crippen LogP contribution in [-0.4, -0.2) is 50.8 Å². The smallest absolute Gasteiger partial charge is 0.0593 e. The van der Waals surface area contributed by atoms with Crippen molar-refractivity contribution in [3.63, 3.8) is 0 Å². The molecule has 0 radical (unpaired) electrons. The normalized spacial score (nSPS) is 15.4. The first-order valence-electron chi connectivity index (χ1n) is 6.66. The Balaban J connectivity index is 3.96. The molecule has 0 rings (SSSR count). The summed E-state index contributed by atoms with van der Waals surface area (Å²) in [6, 6.07) is 0.589. The largest absolute Gasteiger partial charge is 0.380 e. The van der Waals surface area contributed by atoms with Crippen LogP contribution in [0.2, 0.25) is 0 Å². The first kappa shape index (κ1) is 15.9. The Hall–Kier alpha value is -0.120. The van der Waals surface area contributed by atoms with Gasteiger partial charge in [0.1, 0.15) is 0 Å². The Kier molecular flexibility index (Phi) is 9.99. The number of likely N-dealkylation sites (N-methyl/N-ethyl adjacent to an activating group) is 2. The highest BCUT2D eigenvalue weighted by molar-refractivity contribution is 4.75. The van der Waals surface area contributed by atoms with E-state index in [0.29, 0.717) is 6.04 Å². The average Bonchev–Trinajstić information content (AvgIpc) is 2.32. The summed E-state index contributed by atoms with van der Waals surface area (Å²) >= 11 is 0. The summed E-state index contributed by atoms with van der Waals surface area (Å²) in [5, 5.41) is 3.43. The number of nitrogens with one attached hydrogen (secondary N) is 1. The molecule has 0 amide bonds. The van der Waals surface area contributed by atoms with Gasteiger partial charge in [-0.15, -0.1) is 0 Å². The minimum atomic E-state index is 0.589. The van der Waals surface area contributed by atoms with Gasteiger partial charge in [-0.25, -0.2) is 0 Å². The third-order valence-corrected chi connectivity index (χ3v) is 3.36. The van der Waals surface area contributed by atoms with Crippen molar-refractivity contribution < 1.29 is 4.74 Å². The summed E-state index contributed by atoms with van der Waals surface area (Å²) in [6.07, 6.45) is 1.23. The maximum atomic E-state index is 5.41. The van der Waals surface area contributed by atoms with Gasteiger partial charge in [-0.2, -0.15) is 0 Å². The van der Waals surface area contributed by atoms with Gasteiger partial charge in [0.15, 0.2) is 0 Å². The minimum absolute atomic E-state index is 0.589. The van der Waals surface area contributed by atoms with Gasteiger partial charge in [-0.05, 0) is 26.4 Å². The van der Waals surface area contributed by atoms with Crippen LogP contribution in [0.4, 0.5) is 0 Å². The molecule has 16 heavy (non-hydrogen) atoms. The lowest BCUT2D eigenvalue weighted by Crippen LogP contribution is -2.44. The molecule has 2 atom stereocenters. The van der Waals surface area contributed by atoms with Gasteiger partial charge >= 0.3 is 0 Å². The second-order valence-electron chi connectivity index (χ2n) is 4.37. The number of nitrogens with zero attached hydrogens (tertiary/aromatic N) is 1. The molecule has 3 nitrogen and oxygen atoms in total. The van der Waals surface area contributed by atoms with Crippen molar-refractivity contribution in [1.82, 2.24) is 10.2 Å². The molecule has 1 N–H and O–H groups in total. The molecular formula is C13H30N2O. The van der Waals surface area contributed by atoms with Crippen molar-refractivity contribution in [1.29, 1.82) is 0 Å². The zero-order chi connectivity index (χ0) is 12.4. The van der Waals surface area contributed by atoms with Gasteiger partial charge in [-0.3, -0.25) is 4.90 Å². The van der Waals surface area contributed by atoms with Crippen molar-refractivity contribution in [2.45, 2.75) is 40.2 Å². The third kappa shape index (κ3) is 6.46. The van der Waals surface area contributed by atoms with Gasteiger partial charge in [0.05, 0.1) is 6.61 Å². The first-order valence-corrected chi connectivity index (χ1v) is 6.66. The predicted octanol–water partition coefficient (Wildman–Crippen LogP) is 1.98. The van der Waals surface area contributed by atoms with E-state index >= 15 is 0 Å². The molecule has 0 heterocycles. The first-order chi connectivity index (χ1) is 7.69. The fourth-order valence-electron chi connectivity index (χ4n) is 1.83. The standard InChI is InChI=1S/C13H30N2O/c1-6-12(4)13(14-5)11-15(7-2)9-10-16-8-3/h12-14H,6-11H2,1-5H3. The van der Waals surface area contributed by atoms with Crippen molar-refractivity contribution in [3.05, 3.63) is 0 Å². The van der Waals surface area contributed by atoms with E-state index in [-0.39, 0.29) is 0 Å². The monoisotopic (exact) mass is 230 g/mol. The van der Waals surface area contributed by atoms with E-state index in [1.165, 1.54) is 6.42 Å². The van der Waals surface area contributed by atoms with Gasteiger partial charge < -0.3 is 10.1 Å². The lowest BCUT2D eigenvalue weighted by atomic mass is 9.99. The Morgan fingerprint density at radius 1 is 1.25 bits per heavy atom. The summed E-state index contributed by atoms with van der Waals surface area (Å²) in [6.45, 7) is 13.8. The highest BCUT2D eigenvalue weighted by Crippen LogP contribution is 2.08. The number of hydrogen-bond donors (Lipinski definition) is 1. The molecule has 0 spiro atoms. The Labute approximate surface area is 102 Å². The summed E-state index contributed by atoms with van der Waals surface area (Å²) in [5.41, 5.74) is 0. The lowest BCUT2D eigenvalue weighted by Gasteiger charge is -2.29. The summed E-state index contributed by atoms with van der Waals surface area (Å²) in [5.74, 6) is 0.728. The zero-order valence-electron chi connectivity index (χ0n) is 11.8. The molecule has 0 aromatic heterocycles. The van der Waals surface area contributed by atoms with Crippen LogP contribution in [-0.2, 0) is 4.74 Å². The molecule has 0 aliphatic rings. The fraction of sp³-hybridized carbons (Fsp3) is 1.00. The maximum Gasteiger partial charge on any atom is 0.0593 e. The zero-order valence-corrected chi connectivity index (χ0v) is 11.8. The van der Waals surface area contributed by atoms with Crippen LogP contribution in [0, 0.1) is 5.92 Å². The van der Waals surface area contributed by atoms with Gasteiger partial charge in [0.2, 0.25) is 0 Å². The quantitative estimate of drug-likeness (QED) is 0.581. The molecule has 0 aromatic rings. The molecular weight excluding hydrogens is 200 g/mol. The molecule has 0 aromatic carbocycles. The molecule has 0 saturated carbocycles. The number of ether oxygens (including phenoxy) is 1. The molecule has 3 heteroatoms. The lowest BCUT2D eigenvalue weighted by molar-refractivity contribution is 0.108. The molecule has 0 aliphatic heterocycles. The Morgan fingerprint density at radius 2 is 1.94 bits per heavy atom. The van der Waals surface area contributed by atoms with E-state index in [9.17, 15) is 0 Å². The van der Waals surface area contributed by atoms with E-state index in [1.54, 1.807) is 0 Å². The van der Waals surface area contributed by atoms with Crippen molar-refractivity contribution in [2.75, 3.05) is 39.9 Å². The van der Waals surface area contributed by atoms with E-state index in [1.807, 2.05) is 6.92 Å². The van der Waals surface area contributed by atoms with Crippen LogP contribution < -0.4 is 5.32 Å². The molecule has 2 unspecified atom stereocenters. The molecule has 0 bridgehead atoms. The molecule has 98 valence electrons. The van der Waals surface area contributed by atoms with Crippen LogP contribution in [0.25, 0.3) is 0 Å². The number of rotatable bonds is 10. The Morgan fingerprint density at radius 3 is 2.38 bits per heavy atom. The van der Waals surface area contributed by atoms with E-state index in [4.69, 9.17) is 4.74 Å². The second kappa shape index (κ2) is 10.1. The van der Waals surface area contributed by atoms with Crippen LogP contribution in [0.1, 0.15) is 34.1 Å². The minimum Gasteiger partial charge on any atom is -0.380 e. The van der Waals surface area contributed by atoms with Crippen molar-refractivity contribution in [3.8, 4) is 0 Å².